The number of benzene rings is 1. The molecule has 0 aliphatic rings. The zero-order valence-corrected chi connectivity index (χ0v) is 10.7. The predicted octanol–water partition coefficient (Wildman–Crippen LogP) is 1.76. The molecule has 0 aliphatic carbocycles. The van der Waals surface area contributed by atoms with Crippen molar-refractivity contribution in [2.75, 3.05) is 18.5 Å². The molecule has 0 bridgehead atoms. The van der Waals surface area contributed by atoms with Gasteiger partial charge in [-0.2, -0.15) is 0 Å². The molecule has 5 heteroatoms. The van der Waals surface area contributed by atoms with Gasteiger partial charge in [-0.3, -0.25) is 4.98 Å². The Bertz CT molecular complexity index is 519. The lowest BCUT2D eigenvalue weighted by Gasteiger charge is -2.13. The molecule has 4 nitrogen and oxygen atoms in total. The quantitative estimate of drug-likeness (QED) is 0.804. The van der Waals surface area contributed by atoms with E-state index in [1.165, 1.54) is 0 Å². The Labute approximate surface area is 107 Å². The molecule has 0 saturated carbocycles. The highest BCUT2D eigenvalue weighted by Gasteiger charge is 2.06. The minimum atomic E-state index is -0.754. The van der Waals surface area contributed by atoms with Crippen LogP contribution < -0.4 is 5.32 Å². The summed E-state index contributed by atoms with van der Waals surface area (Å²) in [5.74, 6) is 0. The molecule has 1 atom stereocenters. The molecule has 2 rings (SSSR count). The number of aromatic nitrogens is 1. The number of fused-ring (bicyclic) bond motifs is 1. The van der Waals surface area contributed by atoms with Gasteiger partial charge in [-0.15, -0.1) is 0 Å². The van der Waals surface area contributed by atoms with Crippen LogP contribution in [0.25, 0.3) is 10.8 Å². The number of aliphatic hydroxyl groups is 2. The van der Waals surface area contributed by atoms with Gasteiger partial charge in [0.1, 0.15) is 0 Å². The van der Waals surface area contributed by atoms with Crippen LogP contribution >= 0.6 is 15.9 Å². The van der Waals surface area contributed by atoms with Crippen molar-refractivity contribution < 1.29 is 10.2 Å². The number of anilines is 1. The van der Waals surface area contributed by atoms with E-state index in [1.807, 2.05) is 18.2 Å². The van der Waals surface area contributed by atoms with E-state index in [2.05, 4.69) is 26.2 Å². The van der Waals surface area contributed by atoms with E-state index in [4.69, 9.17) is 5.11 Å². The van der Waals surface area contributed by atoms with E-state index in [-0.39, 0.29) is 6.61 Å². The van der Waals surface area contributed by atoms with Crippen molar-refractivity contribution in [3.63, 3.8) is 0 Å². The van der Waals surface area contributed by atoms with E-state index in [0.29, 0.717) is 6.54 Å². The first-order valence-corrected chi connectivity index (χ1v) is 6.06. The van der Waals surface area contributed by atoms with Crippen LogP contribution in [0.15, 0.2) is 35.1 Å². The minimum absolute atomic E-state index is 0.247. The smallest absolute Gasteiger partial charge is 0.0942 e. The molecule has 0 saturated heterocycles. The molecule has 0 amide bonds. The molecular weight excluding hydrogens is 284 g/mol. The predicted molar refractivity (Wildman–Crippen MR) is 71.0 cm³/mol. The normalized spacial score (nSPS) is 12.6. The van der Waals surface area contributed by atoms with Crippen LogP contribution in [-0.4, -0.2) is 34.5 Å². The lowest BCUT2D eigenvalue weighted by molar-refractivity contribution is 0.105. The number of hydrogen-bond donors (Lipinski definition) is 3. The maximum Gasteiger partial charge on any atom is 0.0942 e. The third-order valence-electron chi connectivity index (χ3n) is 2.50. The molecule has 3 N–H and O–H groups in total. The molecule has 1 heterocycles. The summed E-state index contributed by atoms with van der Waals surface area (Å²) in [5, 5.41) is 23.2. The highest BCUT2D eigenvalue weighted by molar-refractivity contribution is 9.10. The molecular formula is C12H13BrN2O2. The van der Waals surface area contributed by atoms with E-state index in [0.717, 1.165) is 20.9 Å². The lowest BCUT2D eigenvalue weighted by Crippen LogP contribution is -2.23. The number of hydrogen-bond acceptors (Lipinski definition) is 4. The van der Waals surface area contributed by atoms with Gasteiger partial charge in [0.15, 0.2) is 0 Å². The summed E-state index contributed by atoms with van der Waals surface area (Å²) in [6.07, 6.45) is 2.76. The van der Waals surface area contributed by atoms with Crippen LogP contribution in [0.2, 0.25) is 0 Å². The molecule has 0 fully saturated rings. The van der Waals surface area contributed by atoms with Gasteiger partial charge in [0, 0.05) is 39.9 Å². The Morgan fingerprint density at radius 1 is 1.29 bits per heavy atom. The monoisotopic (exact) mass is 296 g/mol. The summed E-state index contributed by atoms with van der Waals surface area (Å²) in [5.41, 5.74) is 0.915. The van der Waals surface area contributed by atoms with Crippen molar-refractivity contribution in [3.05, 3.63) is 35.1 Å². The molecule has 2 aromatic rings. The number of rotatable bonds is 4. The van der Waals surface area contributed by atoms with E-state index in [9.17, 15) is 5.11 Å². The van der Waals surface area contributed by atoms with Crippen molar-refractivity contribution in [1.29, 1.82) is 0 Å². The second kappa shape index (κ2) is 5.44. The third-order valence-corrected chi connectivity index (χ3v) is 3.20. The molecule has 0 spiro atoms. The molecule has 90 valence electrons. The summed E-state index contributed by atoms with van der Waals surface area (Å²) in [6, 6.07) is 5.77. The first kappa shape index (κ1) is 12.3. The summed E-state index contributed by atoms with van der Waals surface area (Å²) in [4.78, 5) is 4.08. The number of aliphatic hydroxyl groups excluding tert-OH is 2. The van der Waals surface area contributed by atoms with Crippen LogP contribution in [0.1, 0.15) is 0 Å². The zero-order chi connectivity index (χ0) is 12.3. The molecule has 1 aromatic heterocycles. The fourth-order valence-corrected chi connectivity index (χ4v) is 2.05. The van der Waals surface area contributed by atoms with E-state index >= 15 is 0 Å². The van der Waals surface area contributed by atoms with Gasteiger partial charge in [0.05, 0.1) is 12.7 Å². The lowest BCUT2D eigenvalue weighted by atomic mass is 10.1. The standard InChI is InChI=1S/C12H13BrN2O2/c13-11-1-2-12(15-5-8(17)7-16)9-3-4-14-6-10(9)11/h1-4,6,8,15-17H,5,7H2. The largest absolute Gasteiger partial charge is 0.394 e. The Hall–Kier alpha value is -1.17. The van der Waals surface area contributed by atoms with Gasteiger partial charge in [0.2, 0.25) is 0 Å². The highest BCUT2D eigenvalue weighted by atomic mass is 79.9. The maximum absolute atomic E-state index is 9.31. The van der Waals surface area contributed by atoms with Gasteiger partial charge in [-0.25, -0.2) is 0 Å². The average molecular weight is 297 g/mol. The zero-order valence-electron chi connectivity index (χ0n) is 9.10. The van der Waals surface area contributed by atoms with Crippen LogP contribution in [0.4, 0.5) is 5.69 Å². The summed E-state index contributed by atoms with van der Waals surface area (Å²) >= 11 is 3.47. The van der Waals surface area contributed by atoms with Gasteiger partial charge in [-0.05, 0) is 18.2 Å². The Morgan fingerprint density at radius 3 is 2.88 bits per heavy atom. The number of halogens is 1. The van der Waals surface area contributed by atoms with Crippen LogP contribution in [0.5, 0.6) is 0 Å². The van der Waals surface area contributed by atoms with Gasteiger partial charge < -0.3 is 15.5 Å². The Kier molecular flexibility index (Phi) is 3.93. The second-order valence-electron chi connectivity index (χ2n) is 3.73. The van der Waals surface area contributed by atoms with Crippen LogP contribution in [0, 0.1) is 0 Å². The third kappa shape index (κ3) is 2.74. The van der Waals surface area contributed by atoms with Gasteiger partial charge in [0.25, 0.3) is 0 Å². The summed E-state index contributed by atoms with van der Waals surface area (Å²) < 4.78 is 0.980. The van der Waals surface area contributed by atoms with Crippen molar-refractivity contribution in [1.82, 2.24) is 4.98 Å². The first-order valence-electron chi connectivity index (χ1n) is 5.27. The van der Waals surface area contributed by atoms with E-state index < -0.39 is 6.10 Å². The van der Waals surface area contributed by atoms with Crippen LogP contribution in [-0.2, 0) is 0 Å². The summed E-state index contributed by atoms with van der Waals surface area (Å²) in [6.45, 7) is 0.0680. The SMILES string of the molecule is OCC(O)CNc1ccc(Br)c2cnccc12. The molecule has 17 heavy (non-hydrogen) atoms. The molecule has 0 radical (unpaired) electrons. The number of nitrogens with zero attached hydrogens (tertiary/aromatic N) is 1. The Balaban J connectivity index is 2.32. The van der Waals surface area contributed by atoms with Gasteiger partial charge in [-0.1, -0.05) is 15.9 Å². The fraction of sp³-hybridized carbons (Fsp3) is 0.250. The maximum atomic E-state index is 9.31. The number of pyridine rings is 1. The molecule has 0 aliphatic heterocycles. The molecule has 1 aromatic carbocycles. The van der Waals surface area contributed by atoms with Crippen LogP contribution in [0.3, 0.4) is 0 Å². The van der Waals surface area contributed by atoms with Crippen molar-refractivity contribution >= 4 is 32.4 Å². The highest BCUT2D eigenvalue weighted by Crippen LogP contribution is 2.29. The Morgan fingerprint density at radius 2 is 2.12 bits per heavy atom. The first-order chi connectivity index (χ1) is 8.22. The van der Waals surface area contributed by atoms with Crippen molar-refractivity contribution in [2.24, 2.45) is 0 Å². The van der Waals surface area contributed by atoms with Crippen molar-refractivity contribution in [2.45, 2.75) is 6.10 Å². The van der Waals surface area contributed by atoms with E-state index in [1.54, 1.807) is 12.4 Å². The molecule has 1 unspecified atom stereocenters. The average Bonchev–Trinajstić information content (AvgIpc) is 2.38. The summed E-state index contributed by atoms with van der Waals surface area (Å²) in [7, 11) is 0. The topological polar surface area (TPSA) is 65.4 Å². The minimum Gasteiger partial charge on any atom is -0.394 e. The second-order valence-corrected chi connectivity index (χ2v) is 4.59. The fourth-order valence-electron chi connectivity index (χ4n) is 1.60. The number of nitrogens with one attached hydrogen (secondary N) is 1. The van der Waals surface area contributed by atoms with Crippen molar-refractivity contribution in [3.8, 4) is 0 Å². The van der Waals surface area contributed by atoms with Gasteiger partial charge >= 0.3 is 0 Å².